The summed E-state index contributed by atoms with van der Waals surface area (Å²) in [5, 5.41) is 5.52. The maximum Gasteiger partial charge on any atom is 0.363 e. The lowest BCUT2D eigenvalue weighted by Gasteiger charge is -2.34. The van der Waals surface area contributed by atoms with Crippen molar-refractivity contribution < 1.29 is 34.4 Å². The minimum absolute atomic E-state index is 0.0597. The third kappa shape index (κ3) is 5.30. The van der Waals surface area contributed by atoms with Crippen molar-refractivity contribution in [2.24, 2.45) is 0 Å². The fraction of sp³-hybridized carbons (Fsp3) is 0.292. The number of nitrogens with zero attached hydrogens (tertiary/aromatic N) is 2. The zero-order valence-electron chi connectivity index (χ0n) is 19.0. The molecule has 0 saturated carbocycles. The highest BCUT2D eigenvalue weighted by atomic mass is 16.5. The molecule has 4 rings (SSSR count). The van der Waals surface area contributed by atoms with Gasteiger partial charge in [0.1, 0.15) is 6.04 Å². The number of piperidine rings is 1. The van der Waals surface area contributed by atoms with E-state index in [-0.39, 0.29) is 44.4 Å². The van der Waals surface area contributed by atoms with Gasteiger partial charge in [0.15, 0.2) is 13.3 Å². The molecule has 1 atom stereocenters. The van der Waals surface area contributed by atoms with E-state index in [1.807, 2.05) is 24.3 Å². The van der Waals surface area contributed by atoms with Gasteiger partial charge in [-0.25, -0.2) is 14.5 Å². The van der Waals surface area contributed by atoms with Gasteiger partial charge in [0.05, 0.1) is 0 Å². The summed E-state index contributed by atoms with van der Waals surface area (Å²) in [5.41, 5.74) is 6.08. The number of nitrogens with one attached hydrogen (secondary N) is 2. The number of anilines is 1. The Labute approximate surface area is 201 Å². The molecule has 11 nitrogen and oxygen atoms in total. The predicted molar refractivity (Wildman–Crippen MR) is 122 cm³/mol. The maximum absolute atomic E-state index is 13.0. The molecule has 2 aliphatic rings. The molecule has 1 saturated heterocycles. The number of hydrogen-bond donors (Lipinski definition) is 3. The van der Waals surface area contributed by atoms with Crippen LogP contribution in [0.2, 0.25) is 0 Å². The van der Waals surface area contributed by atoms with Crippen molar-refractivity contribution in [2.45, 2.75) is 32.0 Å². The van der Waals surface area contributed by atoms with Crippen LogP contribution in [0.25, 0.3) is 0 Å². The van der Waals surface area contributed by atoms with Crippen LogP contribution < -0.4 is 16.4 Å². The minimum Gasteiger partial charge on any atom is -0.440 e. The van der Waals surface area contributed by atoms with Gasteiger partial charge in [0.25, 0.3) is 11.8 Å². The van der Waals surface area contributed by atoms with Crippen molar-refractivity contribution in [2.75, 3.05) is 18.6 Å². The Bertz CT molecular complexity index is 1170. The fourth-order valence-electron chi connectivity index (χ4n) is 4.09. The summed E-state index contributed by atoms with van der Waals surface area (Å²) < 4.78 is 4.91. The van der Waals surface area contributed by atoms with E-state index < -0.39 is 30.6 Å². The average Bonchev–Trinajstić information content (AvgIpc) is 3.18. The SMILES string of the molecule is [NH3+]CC(=O)OCN1C(=O)CCC(N2Cc3cc(CNC(=O)Nc4ccccc4)ccc3C2=O)C1=O. The number of rotatable bonds is 7. The Balaban J connectivity index is 1.39. The van der Waals surface area contributed by atoms with Gasteiger partial charge < -0.3 is 26.0 Å². The molecule has 1 unspecified atom stereocenters. The molecule has 0 aliphatic carbocycles. The Kier molecular flexibility index (Phi) is 7.06. The number of urea groups is 1. The van der Waals surface area contributed by atoms with Crippen molar-refractivity contribution in [1.82, 2.24) is 15.1 Å². The Morgan fingerprint density at radius 3 is 2.60 bits per heavy atom. The third-order valence-corrected chi connectivity index (χ3v) is 5.91. The first kappa shape index (κ1) is 23.9. The maximum atomic E-state index is 13.0. The lowest BCUT2D eigenvalue weighted by molar-refractivity contribution is -0.360. The second-order valence-corrected chi connectivity index (χ2v) is 8.21. The van der Waals surface area contributed by atoms with Crippen LogP contribution in [0.3, 0.4) is 0 Å². The summed E-state index contributed by atoms with van der Waals surface area (Å²) in [5.74, 6) is -1.95. The predicted octanol–water partition coefficient (Wildman–Crippen LogP) is 0.224. The first-order valence-electron chi connectivity index (χ1n) is 11.2. The van der Waals surface area contributed by atoms with Gasteiger partial charge in [0.2, 0.25) is 5.91 Å². The molecule has 2 aromatic rings. The third-order valence-electron chi connectivity index (χ3n) is 5.91. The van der Waals surface area contributed by atoms with Crippen LogP contribution in [0, 0.1) is 0 Å². The Morgan fingerprint density at radius 1 is 1.09 bits per heavy atom. The molecule has 35 heavy (non-hydrogen) atoms. The highest BCUT2D eigenvalue weighted by Crippen LogP contribution is 2.29. The second kappa shape index (κ2) is 10.3. The number of amides is 5. The van der Waals surface area contributed by atoms with E-state index in [0.717, 1.165) is 16.0 Å². The first-order chi connectivity index (χ1) is 16.9. The standard InChI is InChI=1S/C24H25N5O6/c25-11-21(31)35-14-29-20(30)9-8-19(23(29)33)28-13-16-10-15(6-7-18(16)22(28)32)12-26-24(34)27-17-4-2-1-3-5-17/h1-7,10,19H,8-9,11-14,25H2,(H2,26,27,34)/p+1. The normalized spacial score (nSPS) is 17.3. The van der Waals surface area contributed by atoms with Crippen molar-refractivity contribution in [3.05, 3.63) is 65.2 Å². The van der Waals surface area contributed by atoms with Gasteiger partial charge >= 0.3 is 12.0 Å². The quantitative estimate of drug-likeness (QED) is 0.381. The van der Waals surface area contributed by atoms with Gasteiger partial charge in [-0.2, -0.15) is 0 Å². The van der Waals surface area contributed by atoms with E-state index in [2.05, 4.69) is 16.4 Å². The monoisotopic (exact) mass is 480 g/mol. The van der Waals surface area contributed by atoms with E-state index in [1.54, 1.807) is 24.3 Å². The highest BCUT2D eigenvalue weighted by Gasteiger charge is 2.43. The molecular formula is C24H26N5O6+. The average molecular weight is 481 g/mol. The summed E-state index contributed by atoms with van der Waals surface area (Å²) in [6.07, 6.45) is 0.259. The van der Waals surface area contributed by atoms with Crippen molar-refractivity contribution >= 4 is 35.4 Å². The fourth-order valence-corrected chi connectivity index (χ4v) is 4.09. The van der Waals surface area contributed by atoms with Gasteiger partial charge in [-0.1, -0.05) is 30.3 Å². The molecule has 0 aromatic heterocycles. The van der Waals surface area contributed by atoms with E-state index in [1.165, 1.54) is 4.90 Å². The molecule has 2 aliphatic heterocycles. The van der Waals surface area contributed by atoms with Gasteiger partial charge in [-0.15, -0.1) is 0 Å². The summed E-state index contributed by atoms with van der Waals surface area (Å²) in [6.45, 7) is -0.152. The number of carbonyl (C=O) groups excluding carboxylic acids is 5. The van der Waals surface area contributed by atoms with E-state index in [9.17, 15) is 24.0 Å². The number of imide groups is 1. The van der Waals surface area contributed by atoms with Crippen LogP contribution in [0.15, 0.2) is 48.5 Å². The smallest absolute Gasteiger partial charge is 0.363 e. The molecule has 5 amide bonds. The Morgan fingerprint density at radius 2 is 1.86 bits per heavy atom. The lowest BCUT2D eigenvalue weighted by atomic mass is 10.0. The summed E-state index contributed by atoms with van der Waals surface area (Å²) in [6, 6.07) is 13.1. The molecule has 0 radical (unpaired) electrons. The number of ether oxygens (including phenoxy) is 1. The number of para-hydroxylation sites is 1. The number of esters is 1. The first-order valence-corrected chi connectivity index (χ1v) is 11.2. The van der Waals surface area contributed by atoms with Crippen LogP contribution >= 0.6 is 0 Å². The van der Waals surface area contributed by atoms with Crippen molar-refractivity contribution in [1.29, 1.82) is 0 Å². The van der Waals surface area contributed by atoms with Gasteiger partial charge in [-0.3, -0.25) is 14.4 Å². The van der Waals surface area contributed by atoms with Crippen molar-refractivity contribution in [3.8, 4) is 0 Å². The largest absolute Gasteiger partial charge is 0.440 e. The molecular weight excluding hydrogens is 454 g/mol. The number of fused-ring (bicyclic) bond motifs is 1. The van der Waals surface area contributed by atoms with Crippen LogP contribution in [0.1, 0.15) is 34.3 Å². The zero-order chi connectivity index (χ0) is 24.9. The number of likely N-dealkylation sites (tertiary alicyclic amines) is 1. The topological polar surface area (TPSA) is 153 Å². The Hall–Kier alpha value is -4.25. The van der Waals surface area contributed by atoms with E-state index in [4.69, 9.17) is 4.74 Å². The van der Waals surface area contributed by atoms with Crippen molar-refractivity contribution in [3.63, 3.8) is 0 Å². The second-order valence-electron chi connectivity index (χ2n) is 8.21. The molecule has 5 N–H and O–H groups in total. The molecule has 1 fully saturated rings. The molecule has 2 heterocycles. The summed E-state index contributed by atoms with van der Waals surface area (Å²) >= 11 is 0. The minimum atomic E-state index is -0.829. The number of carbonyl (C=O) groups is 5. The van der Waals surface area contributed by atoms with E-state index >= 15 is 0 Å². The van der Waals surface area contributed by atoms with Crippen LogP contribution in [0.5, 0.6) is 0 Å². The van der Waals surface area contributed by atoms with Crippen LogP contribution in [-0.4, -0.2) is 58.8 Å². The van der Waals surface area contributed by atoms with E-state index in [0.29, 0.717) is 11.3 Å². The van der Waals surface area contributed by atoms with Gasteiger partial charge in [-0.05, 0) is 35.7 Å². The molecule has 11 heteroatoms. The summed E-state index contributed by atoms with van der Waals surface area (Å²) in [4.78, 5) is 64.1. The molecule has 0 bridgehead atoms. The number of hydrogen-bond acceptors (Lipinski definition) is 6. The van der Waals surface area contributed by atoms with Gasteiger partial charge in [0, 0.05) is 30.8 Å². The summed E-state index contributed by atoms with van der Waals surface area (Å²) in [7, 11) is 0. The highest BCUT2D eigenvalue weighted by molar-refractivity contribution is 6.05. The number of benzene rings is 2. The molecule has 182 valence electrons. The van der Waals surface area contributed by atoms with Crippen LogP contribution in [0.4, 0.5) is 10.5 Å². The lowest BCUT2D eigenvalue weighted by Crippen LogP contribution is -2.57. The molecule has 0 spiro atoms. The molecule has 2 aromatic carbocycles. The number of quaternary nitrogens is 1. The van der Waals surface area contributed by atoms with Crippen LogP contribution in [-0.2, 0) is 32.2 Å². The zero-order valence-corrected chi connectivity index (χ0v) is 19.0.